The number of likely N-dealkylation sites (N-methyl/N-ethyl adjacent to an activating group) is 1. The Kier molecular flexibility index (Phi) is 11.6. The summed E-state index contributed by atoms with van der Waals surface area (Å²) in [6.45, 7) is 11.4. The van der Waals surface area contributed by atoms with Crippen molar-refractivity contribution in [2.75, 3.05) is 33.3 Å². The molecule has 2 rings (SSSR count). The lowest BCUT2D eigenvalue weighted by Gasteiger charge is -2.26. The van der Waals surface area contributed by atoms with Crippen LogP contribution in [-0.2, 0) is 4.74 Å². The molecule has 2 aliphatic heterocycles. The van der Waals surface area contributed by atoms with Crippen LogP contribution in [0.5, 0.6) is 0 Å². The Morgan fingerprint density at radius 2 is 1.68 bits per heavy atom. The molecule has 2 aliphatic rings. The maximum absolute atomic E-state index is 9.15. The molecular formula is C15H34N2O2. The fraction of sp³-hybridized carbons (Fsp3) is 1.00. The molecule has 0 aromatic rings. The van der Waals surface area contributed by atoms with Gasteiger partial charge in [-0.05, 0) is 39.4 Å². The standard InChI is InChI=1S/C11H22N2O2.2C2H6/c1-13-7-11(6-9(13)8-14)15-10-2-4-12-5-3-10;2*1-2/h9-12,14H,2-8H2,1H3;2*1-2H3/t9-,11+;;/m0../s1. The molecule has 0 unspecified atom stereocenters. The molecule has 19 heavy (non-hydrogen) atoms. The first-order chi connectivity index (χ1) is 9.29. The summed E-state index contributed by atoms with van der Waals surface area (Å²) in [4.78, 5) is 2.20. The van der Waals surface area contributed by atoms with Crippen LogP contribution >= 0.6 is 0 Å². The quantitative estimate of drug-likeness (QED) is 0.825. The van der Waals surface area contributed by atoms with Crippen molar-refractivity contribution in [3.05, 3.63) is 0 Å². The lowest BCUT2D eigenvalue weighted by atomic mass is 10.1. The van der Waals surface area contributed by atoms with Gasteiger partial charge in [0.1, 0.15) is 0 Å². The van der Waals surface area contributed by atoms with Crippen LogP contribution in [0.2, 0.25) is 0 Å². The van der Waals surface area contributed by atoms with E-state index in [1.165, 1.54) is 0 Å². The van der Waals surface area contributed by atoms with Crippen molar-refractivity contribution < 1.29 is 9.84 Å². The van der Waals surface area contributed by atoms with Gasteiger partial charge in [0.15, 0.2) is 0 Å². The molecule has 0 radical (unpaired) electrons. The number of rotatable bonds is 3. The zero-order chi connectivity index (χ0) is 14.7. The highest BCUT2D eigenvalue weighted by Crippen LogP contribution is 2.21. The summed E-state index contributed by atoms with van der Waals surface area (Å²) in [5.41, 5.74) is 0. The van der Waals surface area contributed by atoms with E-state index in [-0.39, 0.29) is 6.61 Å². The highest BCUT2D eigenvalue weighted by atomic mass is 16.5. The fourth-order valence-electron chi connectivity index (χ4n) is 2.54. The van der Waals surface area contributed by atoms with E-state index in [9.17, 15) is 0 Å². The Morgan fingerprint density at radius 3 is 2.16 bits per heavy atom. The third-order valence-electron chi connectivity index (χ3n) is 3.53. The Hall–Kier alpha value is -0.160. The van der Waals surface area contributed by atoms with Gasteiger partial charge in [0.25, 0.3) is 0 Å². The molecule has 2 fully saturated rings. The zero-order valence-electron chi connectivity index (χ0n) is 13.5. The average molecular weight is 274 g/mol. The van der Waals surface area contributed by atoms with E-state index in [0.717, 1.165) is 38.9 Å². The van der Waals surface area contributed by atoms with Crippen molar-refractivity contribution in [3.63, 3.8) is 0 Å². The number of piperidine rings is 1. The molecule has 0 bridgehead atoms. The first kappa shape index (κ1) is 18.8. The molecule has 116 valence electrons. The molecular weight excluding hydrogens is 240 g/mol. The summed E-state index contributed by atoms with van der Waals surface area (Å²) >= 11 is 0. The lowest BCUT2D eigenvalue weighted by Crippen LogP contribution is -2.35. The molecule has 2 saturated heterocycles. The number of ether oxygens (including phenoxy) is 1. The molecule has 2 atom stereocenters. The van der Waals surface area contributed by atoms with Gasteiger partial charge in [-0.1, -0.05) is 27.7 Å². The monoisotopic (exact) mass is 274 g/mol. The van der Waals surface area contributed by atoms with Crippen molar-refractivity contribution >= 4 is 0 Å². The Bertz CT molecular complexity index is 197. The molecule has 4 nitrogen and oxygen atoms in total. The predicted octanol–water partition coefficient (Wildman–Crippen LogP) is 1.87. The van der Waals surface area contributed by atoms with Gasteiger partial charge >= 0.3 is 0 Å². The van der Waals surface area contributed by atoms with E-state index in [0.29, 0.717) is 18.2 Å². The van der Waals surface area contributed by atoms with E-state index < -0.39 is 0 Å². The molecule has 2 N–H and O–H groups in total. The number of likely N-dealkylation sites (tertiary alicyclic amines) is 1. The van der Waals surface area contributed by atoms with Gasteiger partial charge in [-0.3, -0.25) is 4.90 Å². The van der Waals surface area contributed by atoms with Crippen molar-refractivity contribution in [1.82, 2.24) is 10.2 Å². The van der Waals surface area contributed by atoms with Gasteiger partial charge in [0, 0.05) is 12.6 Å². The van der Waals surface area contributed by atoms with Crippen molar-refractivity contribution in [3.8, 4) is 0 Å². The molecule has 0 aromatic carbocycles. The molecule has 0 amide bonds. The number of aliphatic hydroxyl groups is 1. The predicted molar refractivity (Wildman–Crippen MR) is 81.6 cm³/mol. The van der Waals surface area contributed by atoms with Gasteiger partial charge in [0.2, 0.25) is 0 Å². The number of aliphatic hydroxyl groups excluding tert-OH is 1. The smallest absolute Gasteiger partial charge is 0.0721 e. The molecule has 2 heterocycles. The highest BCUT2D eigenvalue weighted by molar-refractivity contribution is 4.84. The lowest BCUT2D eigenvalue weighted by molar-refractivity contribution is -0.0202. The summed E-state index contributed by atoms with van der Waals surface area (Å²) in [6.07, 6.45) is 4.00. The van der Waals surface area contributed by atoms with Gasteiger partial charge in [-0.15, -0.1) is 0 Å². The number of nitrogens with zero attached hydrogens (tertiary/aromatic N) is 1. The Balaban J connectivity index is 0.000000741. The summed E-state index contributed by atoms with van der Waals surface area (Å²) in [7, 11) is 2.06. The molecule has 0 saturated carbocycles. The SMILES string of the molecule is CC.CC.CN1C[C@H](OC2CCNCC2)C[C@H]1CO. The minimum Gasteiger partial charge on any atom is -0.395 e. The number of nitrogens with one attached hydrogen (secondary N) is 1. The topological polar surface area (TPSA) is 44.7 Å². The molecule has 0 aliphatic carbocycles. The van der Waals surface area contributed by atoms with Gasteiger partial charge in [0.05, 0.1) is 18.8 Å². The van der Waals surface area contributed by atoms with E-state index in [2.05, 4.69) is 17.3 Å². The van der Waals surface area contributed by atoms with Crippen LogP contribution in [-0.4, -0.2) is 61.5 Å². The maximum atomic E-state index is 9.15. The molecule has 0 spiro atoms. The summed E-state index contributed by atoms with van der Waals surface area (Å²) in [6, 6.07) is 0.303. The summed E-state index contributed by atoms with van der Waals surface area (Å²) < 4.78 is 6.06. The normalized spacial score (nSPS) is 28.1. The van der Waals surface area contributed by atoms with Crippen LogP contribution in [0.1, 0.15) is 47.0 Å². The number of hydrogen-bond donors (Lipinski definition) is 2. The van der Waals surface area contributed by atoms with Crippen molar-refractivity contribution in [1.29, 1.82) is 0 Å². The van der Waals surface area contributed by atoms with Crippen LogP contribution in [0, 0.1) is 0 Å². The minimum absolute atomic E-state index is 0.253. The summed E-state index contributed by atoms with van der Waals surface area (Å²) in [5.74, 6) is 0. The molecule has 4 heteroatoms. The highest BCUT2D eigenvalue weighted by Gasteiger charge is 2.31. The van der Waals surface area contributed by atoms with E-state index >= 15 is 0 Å². The minimum atomic E-state index is 0.253. The second-order valence-corrected chi connectivity index (χ2v) is 4.72. The first-order valence-corrected chi connectivity index (χ1v) is 7.97. The third kappa shape index (κ3) is 6.70. The maximum Gasteiger partial charge on any atom is 0.0721 e. The van der Waals surface area contributed by atoms with E-state index in [1.54, 1.807) is 0 Å². The van der Waals surface area contributed by atoms with Crippen molar-refractivity contribution in [2.24, 2.45) is 0 Å². The zero-order valence-corrected chi connectivity index (χ0v) is 13.5. The average Bonchev–Trinajstić information content (AvgIpc) is 2.84. The second kappa shape index (κ2) is 11.6. The third-order valence-corrected chi connectivity index (χ3v) is 3.53. The van der Waals surface area contributed by atoms with Crippen LogP contribution in [0.4, 0.5) is 0 Å². The van der Waals surface area contributed by atoms with E-state index in [4.69, 9.17) is 9.84 Å². The summed E-state index contributed by atoms with van der Waals surface area (Å²) in [5, 5.41) is 12.5. The van der Waals surface area contributed by atoms with Crippen LogP contribution < -0.4 is 5.32 Å². The second-order valence-electron chi connectivity index (χ2n) is 4.72. The molecule has 0 aromatic heterocycles. The van der Waals surface area contributed by atoms with Crippen molar-refractivity contribution in [2.45, 2.75) is 65.2 Å². The van der Waals surface area contributed by atoms with Gasteiger partial charge in [-0.2, -0.15) is 0 Å². The van der Waals surface area contributed by atoms with Crippen LogP contribution in [0.15, 0.2) is 0 Å². The van der Waals surface area contributed by atoms with Crippen LogP contribution in [0.25, 0.3) is 0 Å². The largest absolute Gasteiger partial charge is 0.395 e. The fourth-order valence-corrected chi connectivity index (χ4v) is 2.54. The van der Waals surface area contributed by atoms with Gasteiger partial charge in [-0.25, -0.2) is 0 Å². The number of hydrogen-bond acceptors (Lipinski definition) is 4. The van der Waals surface area contributed by atoms with E-state index in [1.807, 2.05) is 27.7 Å². The van der Waals surface area contributed by atoms with Crippen LogP contribution in [0.3, 0.4) is 0 Å². The Morgan fingerprint density at radius 1 is 1.11 bits per heavy atom. The first-order valence-electron chi connectivity index (χ1n) is 7.97. The van der Waals surface area contributed by atoms with Gasteiger partial charge < -0.3 is 15.2 Å². The Labute approximate surface area is 119 Å².